The van der Waals surface area contributed by atoms with Gasteiger partial charge in [-0.3, -0.25) is 4.18 Å². The molecule has 2 aliphatic rings. The Balaban J connectivity index is 1.70. The second-order valence-corrected chi connectivity index (χ2v) is 7.26. The number of fused-ring (bicyclic) bond motifs is 2. The Bertz CT molecular complexity index is 468. The quantitative estimate of drug-likeness (QED) is 0.833. The first-order chi connectivity index (χ1) is 8.57. The van der Waals surface area contributed by atoms with Crippen molar-refractivity contribution >= 4 is 11.1 Å². The minimum Gasteiger partial charge on any atom is -0.283 e. The van der Waals surface area contributed by atoms with E-state index in [1.165, 1.54) is 24.8 Å². The van der Waals surface area contributed by atoms with Crippen molar-refractivity contribution in [1.29, 1.82) is 0 Å². The maximum atomic E-state index is 12.2. The smallest absolute Gasteiger partial charge is 0.189 e. The lowest BCUT2D eigenvalue weighted by atomic mass is 9.84. The molecule has 3 rings (SSSR count). The number of benzene rings is 1. The Morgan fingerprint density at radius 1 is 1.33 bits per heavy atom. The Morgan fingerprint density at radius 3 is 2.61 bits per heavy atom. The first-order valence-corrected chi connectivity index (χ1v) is 7.80. The molecule has 2 nitrogen and oxygen atoms in total. The van der Waals surface area contributed by atoms with Gasteiger partial charge in [0.05, 0.1) is 11.0 Å². The molecular formula is C15H20O2S. The van der Waals surface area contributed by atoms with Crippen molar-refractivity contribution in [1.82, 2.24) is 0 Å². The van der Waals surface area contributed by atoms with Gasteiger partial charge in [0.1, 0.15) is 0 Å². The van der Waals surface area contributed by atoms with Crippen molar-refractivity contribution in [2.75, 3.05) is 0 Å². The summed E-state index contributed by atoms with van der Waals surface area (Å²) in [5.74, 6) is 0.801. The summed E-state index contributed by atoms with van der Waals surface area (Å²) >= 11 is -1.31. The minimum atomic E-state index is -1.31. The highest BCUT2D eigenvalue weighted by Gasteiger charge is 2.50. The topological polar surface area (TPSA) is 26.3 Å². The van der Waals surface area contributed by atoms with Crippen molar-refractivity contribution in [3.8, 4) is 0 Å². The SMILES string of the molecule is Cc1ccc(S(=O)O[C@@H]2C[C@@H]3CC[C@@]2(C)C3)cc1. The molecule has 98 valence electrons. The Labute approximate surface area is 111 Å². The van der Waals surface area contributed by atoms with Crippen molar-refractivity contribution in [2.45, 2.75) is 50.5 Å². The summed E-state index contributed by atoms with van der Waals surface area (Å²) in [5, 5.41) is 0. The highest BCUT2D eigenvalue weighted by atomic mass is 32.2. The summed E-state index contributed by atoms with van der Waals surface area (Å²) in [6, 6.07) is 7.78. The van der Waals surface area contributed by atoms with Crippen molar-refractivity contribution < 1.29 is 8.39 Å². The van der Waals surface area contributed by atoms with Crippen LogP contribution in [0.3, 0.4) is 0 Å². The van der Waals surface area contributed by atoms with Gasteiger partial charge in [-0.2, -0.15) is 0 Å². The molecule has 2 saturated carbocycles. The van der Waals surface area contributed by atoms with Gasteiger partial charge in [-0.25, -0.2) is 4.21 Å². The molecule has 1 aromatic carbocycles. The zero-order chi connectivity index (χ0) is 12.8. The van der Waals surface area contributed by atoms with Crippen LogP contribution in [0, 0.1) is 18.3 Å². The average Bonchev–Trinajstić information content (AvgIpc) is 2.85. The predicted molar refractivity (Wildman–Crippen MR) is 72.5 cm³/mol. The third kappa shape index (κ3) is 2.14. The van der Waals surface area contributed by atoms with Gasteiger partial charge in [0.2, 0.25) is 0 Å². The van der Waals surface area contributed by atoms with E-state index >= 15 is 0 Å². The molecular weight excluding hydrogens is 244 g/mol. The van der Waals surface area contributed by atoms with Gasteiger partial charge in [0.25, 0.3) is 0 Å². The minimum absolute atomic E-state index is 0.179. The monoisotopic (exact) mass is 264 g/mol. The predicted octanol–water partition coefficient (Wildman–Crippen LogP) is 3.61. The van der Waals surface area contributed by atoms with Gasteiger partial charge in [0.15, 0.2) is 11.1 Å². The summed E-state index contributed by atoms with van der Waals surface area (Å²) in [5.41, 5.74) is 1.45. The molecule has 18 heavy (non-hydrogen) atoms. The summed E-state index contributed by atoms with van der Waals surface area (Å²) < 4.78 is 18.1. The molecule has 0 saturated heterocycles. The highest BCUT2D eigenvalue weighted by molar-refractivity contribution is 7.80. The largest absolute Gasteiger partial charge is 0.283 e. The van der Waals surface area contributed by atoms with Crippen LogP contribution in [0.2, 0.25) is 0 Å². The normalized spacial score (nSPS) is 35.9. The molecule has 0 spiro atoms. The van der Waals surface area contributed by atoms with Crippen LogP contribution in [-0.4, -0.2) is 10.3 Å². The third-order valence-corrected chi connectivity index (χ3v) is 5.68. The van der Waals surface area contributed by atoms with Crippen LogP contribution in [0.1, 0.15) is 38.2 Å². The van der Waals surface area contributed by atoms with E-state index in [-0.39, 0.29) is 11.5 Å². The summed E-state index contributed by atoms with van der Waals surface area (Å²) in [7, 11) is 0. The summed E-state index contributed by atoms with van der Waals surface area (Å²) in [6.07, 6.45) is 5.08. The molecule has 0 aromatic heterocycles. The van der Waals surface area contributed by atoms with E-state index < -0.39 is 11.1 Å². The van der Waals surface area contributed by atoms with Crippen molar-refractivity contribution in [2.24, 2.45) is 11.3 Å². The van der Waals surface area contributed by atoms with Crippen molar-refractivity contribution in [3.63, 3.8) is 0 Å². The van der Waals surface area contributed by atoms with E-state index in [2.05, 4.69) is 6.92 Å². The molecule has 4 atom stereocenters. The molecule has 0 radical (unpaired) electrons. The molecule has 3 heteroatoms. The zero-order valence-electron chi connectivity index (χ0n) is 11.0. The molecule has 0 amide bonds. The number of hydrogen-bond donors (Lipinski definition) is 0. The van der Waals surface area contributed by atoms with E-state index in [0.29, 0.717) is 0 Å². The Kier molecular flexibility index (Phi) is 3.07. The lowest BCUT2D eigenvalue weighted by Gasteiger charge is -2.30. The fraction of sp³-hybridized carbons (Fsp3) is 0.600. The van der Waals surface area contributed by atoms with E-state index in [4.69, 9.17) is 4.18 Å². The van der Waals surface area contributed by atoms with Gasteiger partial charge in [0, 0.05) is 0 Å². The van der Waals surface area contributed by atoms with Gasteiger partial charge >= 0.3 is 0 Å². The first-order valence-electron chi connectivity index (χ1n) is 6.72. The van der Waals surface area contributed by atoms with E-state index in [0.717, 1.165) is 17.2 Å². The van der Waals surface area contributed by atoms with Crippen LogP contribution in [0.25, 0.3) is 0 Å². The highest BCUT2D eigenvalue weighted by Crippen LogP contribution is 2.55. The van der Waals surface area contributed by atoms with Gasteiger partial charge in [-0.05, 0) is 56.1 Å². The van der Waals surface area contributed by atoms with Crippen LogP contribution in [-0.2, 0) is 15.3 Å². The maximum absolute atomic E-state index is 12.2. The van der Waals surface area contributed by atoms with Gasteiger partial charge in [-0.15, -0.1) is 0 Å². The molecule has 2 fully saturated rings. The number of aryl methyl sites for hydroxylation is 1. The van der Waals surface area contributed by atoms with Crippen LogP contribution in [0.15, 0.2) is 29.2 Å². The maximum Gasteiger partial charge on any atom is 0.189 e. The molecule has 0 aliphatic heterocycles. The lowest BCUT2D eigenvalue weighted by Crippen LogP contribution is -2.30. The van der Waals surface area contributed by atoms with Crippen LogP contribution in [0.5, 0.6) is 0 Å². The molecule has 0 N–H and O–H groups in total. The third-order valence-electron chi connectivity index (χ3n) is 4.62. The zero-order valence-corrected chi connectivity index (χ0v) is 11.8. The number of rotatable bonds is 3. The second kappa shape index (κ2) is 4.46. The second-order valence-electron chi connectivity index (χ2n) is 6.13. The van der Waals surface area contributed by atoms with Crippen LogP contribution < -0.4 is 0 Å². The average molecular weight is 264 g/mol. The standard InChI is InChI=1S/C15H20O2S/c1-11-3-5-13(6-4-11)18(16)17-14-9-12-7-8-15(14,2)10-12/h3-6,12,14H,7-10H2,1-2H3/t12-,14+,15-,18?/m0/s1. The van der Waals surface area contributed by atoms with E-state index in [9.17, 15) is 4.21 Å². The molecule has 0 heterocycles. The Hall–Kier alpha value is -0.670. The summed E-state index contributed by atoms with van der Waals surface area (Å²) in [4.78, 5) is 0.784. The first kappa shape index (κ1) is 12.4. The van der Waals surface area contributed by atoms with Crippen LogP contribution >= 0.6 is 0 Å². The van der Waals surface area contributed by atoms with Crippen LogP contribution in [0.4, 0.5) is 0 Å². The lowest BCUT2D eigenvalue weighted by molar-refractivity contribution is 0.0889. The molecule has 1 aromatic rings. The molecule has 2 aliphatic carbocycles. The van der Waals surface area contributed by atoms with E-state index in [1.54, 1.807) is 0 Å². The van der Waals surface area contributed by atoms with Crippen molar-refractivity contribution in [3.05, 3.63) is 29.8 Å². The van der Waals surface area contributed by atoms with Gasteiger partial charge < -0.3 is 0 Å². The summed E-state index contributed by atoms with van der Waals surface area (Å²) in [6.45, 7) is 4.32. The molecule has 2 bridgehead atoms. The fourth-order valence-electron chi connectivity index (χ4n) is 3.44. The fourth-order valence-corrected chi connectivity index (χ4v) is 4.44. The van der Waals surface area contributed by atoms with Gasteiger partial charge in [-0.1, -0.05) is 24.6 Å². The Morgan fingerprint density at radius 2 is 2.06 bits per heavy atom. The number of hydrogen-bond acceptors (Lipinski definition) is 2. The van der Waals surface area contributed by atoms with E-state index in [1.807, 2.05) is 31.2 Å². The molecule has 1 unspecified atom stereocenters.